The molecule has 134 valence electrons. The zero-order valence-electron chi connectivity index (χ0n) is 13.0. The van der Waals surface area contributed by atoms with Crippen LogP contribution in [0.5, 0.6) is 0 Å². The SMILES string of the molecule is CC(=O)O[C@H]1[C@H](OC(C)=O)[C@@H](CN=[N+]=[N-])O[C@@](O)(Br)[C@@H]1OC(C)=O. The Morgan fingerprint density at radius 2 is 1.67 bits per heavy atom. The van der Waals surface area contributed by atoms with Gasteiger partial charge in [-0.2, -0.15) is 0 Å². The van der Waals surface area contributed by atoms with Crippen molar-refractivity contribution in [2.75, 3.05) is 6.54 Å². The Hall–Kier alpha value is -1.88. The molecular formula is C12H16BrN3O8. The summed E-state index contributed by atoms with van der Waals surface area (Å²) in [6.45, 7) is 2.92. The van der Waals surface area contributed by atoms with E-state index < -0.39 is 47.0 Å². The highest BCUT2D eigenvalue weighted by Gasteiger charge is 2.58. The predicted octanol–water partition coefficient (Wildman–Crippen LogP) is 0.532. The van der Waals surface area contributed by atoms with Gasteiger partial charge >= 0.3 is 17.9 Å². The molecule has 1 N–H and O–H groups in total. The molecule has 1 aliphatic heterocycles. The Labute approximate surface area is 144 Å². The van der Waals surface area contributed by atoms with E-state index in [9.17, 15) is 19.5 Å². The molecule has 1 saturated heterocycles. The predicted molar refractivity (Wildman–Crippen MR) is 79.4 cm³/mol. The zero-order chi connectivity index (χ0) is 18.5. The fraction of sp³-hybridized carbons (Fsp3) is 0.750. The number of azide groups is 1. The van der Waals surface area contributed by atoms with Gasteiger partial charge in [-0.05, 0) is 21.5 Å². The number of esters is 3. The molecule has 0 aromatic carbocycles. The second-order valence-corrected chi connectivity index (χ2v) is 5.99. The van der Waals surface area contributed by atoms with E-state index in [1.807, 2.05) is 0 Å². The minimum atomic E-state index is -2.26. The Morgan fingerprint density at radius 1 is 1.17 bits per heavy atom. The molecule has 0 unspecified atom stereocenters. The van der Waals surface area contributed by atoms with Crippen molar-refractivity contribution in [1.29, 1.82) is 0 Å². The Morgan fingerprint density at radius 3 is 2.12 bits per heavy atom. The van der Waals surface area contributed by atoms with Gasteiger partial charge in [0.25, 0.3) is 4.70 Å². The van der Waals surface area contributed by atoms with Crippen LogP contribution in [0.3, 0.4) is 0 Å². The summed E-state index contributed by atoms with van der Waals surface area (Å²) < 4.78 is 18.1. The minimum Gasteiger partial charge on any atom is -0.456 e. The second kappa shape index (κ2) is 8.29. The molecule has 0 aromatic rings. The molecule has 0 saturated carbocycles. The second-order valence-electron chi connectivity index (χ2n) is 4.86. The van der Waals surface area contributed by atoms with Crippen LogP contribution in [0.2, 0.25) is 0 Å². The van der Waals surface area contributed by atoms with Crippen molar-refractivity contribution in [2.45, 2.75) is 49.9 Å². The Kier molecular flexibility index (Phi) is 6.96. The molecule has 0 aliphatic carbocycles. The van der Waals surface area contributed by atoms with Crippen molar-refractivity contribution in [3.8, 4) is 0 Å². The lowest BCUT2D eigenvalue weighted by Crippen LogP contribution is -2.65. The van der Waals surface area contributed by atoms with Crippen LogP contribution in [0.1, 0.15) is 20.8 Å². The first-order valence-electron chi connectivity index (χ1n) is 6.70. The number of aliphatic hydroxyl groups is 1. The van der Waals surface area contributed by atoms with Crippen LogP contribution >= 0.6 is 15.9 Å². The fourth-order valence-electron chi connectivity index (χ4n) is 2.16. The molecule has 0 radical (unpaired) electrons. The average Bonchev–Trinajstić information content (AvgIpc) is 2.42. The summed E-state index contributed by atoms with van der Waals surface area (Å²) >= 11 is 2.83. The normalized spacial score (nSPS) is 32.2. The van der Waals surface area contributed by atoms with Crippen LogP contribution in [0.4, 0.5) is 0 Å². The molecule has 0 spiro atoms. The van der Waals surface area contributed by atoms with Crippen molar-refractivity contribution in [1.82, 2.24) is 0 Å². The van der Waals surface area contributed by atoms with Crippen LogP contribution in [0.15, 0.2) is 5.11 Å². The molecular weight excluding hydrogens is 394 g/mol. The van der Waals surface area contributed by atoms with Gasteiger partial charge in [-0.1, -0.05) is 5.11 Å². The molecule has 1 rings (SSSR count). The van der Waals surface area contributed by atoms with Crippen molar-refractivity contribution in [3.05, 3.63) is 10.4 Å². The number of carbonyl (C=O) groups is 3. The molecule has 1 heterocycles. The molecule has 0 aromatic heterocycles. The topological polar surface area (TPSA) is 157 Å². The van der Waals surface area contributed by atoms with E-state index in [0.717, 1.165) is 20.8 Å². The zero-order valence-corrected chi connectivity index (χ0v) is 14.6. The monoisotopic (exact) mass is 409 g/mol. The van der Waals surface area contributed by atoms with Gasteiger partial charge in [-0.3, -0.25) is 14.4 Å². The number of carbonyl (C=O) groups excluding carboxylic acids is 3. The van der Waals surface area contributed by atoms with E-state index >= 15 is 0 Å². The molecule has 24 heavy (non-hydrogen) atoms. The van der Waals surface area contributed by atoms with Gasteiger partial charge in [0, 0.05) is 25.7 Å². The smallest absolute Gasteiger partial charge is 0.303 e. The maximum absolute atomic E-state index is 11.4. The summed E-state index contributed by atoms with van der Waals surface area (Å²) in [4.78, 5) is 36.6. The summed E-state index contributed by atoms with van der Waals surface area (Å²) in [5.74, 6) is -2.32. The van der Waals surface area contributed by atoms with Crippen molar-refractivity contribution in [2.24, 2.45) is 5.11 Å². The van der Waals surface area contributed by atoms with Crippen molar-refractivity contribution in [3.63, 3.8) is 0 Å². The van der Waals surface area contributed by atoms with Gasteiger partial charge in [0.15, 0.2) is 12.2 Å². The summed E-state index contributed by atoms with van der Waals surface area (Å²) in [7, 11) is 0. The van der Waals surface area contributed by atoms with Crippen molar-refractivity contribution >= 4 is 33.8 Å². The number of halogens is 1. The summed E-state index contributed by atoms with van der Waals surface area (Å²) in [5, 5.41) is 13.6. The minimum absolute atomic E-state index is 0.340. The van der Waals surface area contributed by atoms with Gasteiger partial charge in [-0.15, -0.1) is 0 Å². The third-order valence-electron chi connectivity index (χ3n) is 2.88. The number of alkyl halides is 1. The van der Waals surface area contributed by atoms with E-state index in [1.54, 1.807) is 0 Å². The first-order valence-corrected chi connectivity index (χ1v) is 7.49. The first kappa shape index (κ1) is 20.2. The Balaban J connectivity index is 3.28. The highest BCUT2D eigenvalue weighted by atomic mass is 79.9. The van der Waals surface area contributed by atoms with Crippen LogP contribution in [-0.4, -0.2) is 58.7 Å². The summed E-state index contributed by atoms with van der Waals surface area (Å²) in [6, 6.07) is 0. The number of nitrogens with zero attached hydrogens (tertiary/aromatic N) is 3. The number of rotatable bonds is 5. The molecule has 5 atom stereocenters. The maximum atomic E-state index is 11.4. The molecule has 11 nitrogen and oxygen atoms in total. The molecule has 1 fully saturated rings. The summed E-state index contributed by atoms with van der Waals surface area (Å²) in [6.07, 6.45) is -5.37. The third kappa shape index (κ3) is 5.34. The fourth-order valence-corrected chi connectivity index (χ4v) is 2.76. The third-order valence-corrected chi connectivity index (χ3v) is 3.52. The van der Waals surface area contributed by atoms with E-state index in [0.29, 0.717) is 0 Å². The van der Waals surface area contributed by atoms with Crippen molar-refractivity contribution < 1.29 is 38.4 Å². The van der Waals surface area contributed by atoms with Gasteiger partial charge in [0.2, 0.25) is 6.10 Å². The molecule has 12 heteroatoms. The lowest BCUT2D eigenvalue weighted by atomic mass is 9.98. The largest absolute Gasteiger partial charge is 0.456 e. The van der Waals surface area contributed by atoms with E-state index in [4.69, 9.17) is 24.5 Å². The van der Waals surface area contributed by atoms with E-state index in [1.165, 1.54) is 0 Å². The van der Waals surface area contributed by atoms with Gasteiger partial charge in [0.1, 0.15) is 6.10 Å². The number of hydrogen-bond acceptors (Lipinski definition) is 9. The van der Waals surface area contributed by atoms with E-state index in [2.05, 4.69) is 26.0 Å². The molecule has 1 aliphatic rings. The first-order chi connectivity index (χ1) is 11.1. The van der Waals surface area contributed by atoms with Crippen LogP contribution < -0.4 is 0 Å². The maximum Gasteiger partial charge on any atom is 0.303 e. The van der Waals surface area contributed by atoms with Gasteiger partial charge in [0.05, 0.1) is 6.54 Å². The standard InChI is InChI=1S/C12H16BrN3O8/c1-5(17)21-9-8(4-15-16-14)24-12(13,20)11(23-7(3)19)10(9)22-6(2)18/h8-11,20H,4H2,1-3H3/t8-,9-,10+,11-,12-/m1/s1. The van der Waals surface area contributed by atoms with E-state index in [-0.39, 0.29) is 6.54 Å². The van der Waals surface area contributed by atoms with Crippen LogP contribution in [0, 0.1) is 0 Å². The lowest BCUT2D eigenvalue weighted by molar-refractivity contribution is -0.302. The molecule has 0 amide bonds. The summed E-state index contributed by atoms with van der Waals surface area (Å²) in [5.41, 5.74) is 8.44. The average molecular weight is 410 g/mol. The number of ether oxygens (including phenoxy) is 4. The van der Waals surface area contributed by atoms with Gasteiger partial charge in [-0.25, -0.2) is 0 Å². The van der Waals surface area contributed by atoms with Crippen LogP contribution in [-0.2, 0) is 33.3 Å². The highest BCUT2D eigenvalue weighted by Crippen LogP contribution is 2.38. The highest BCUT2D eigenvalue weighted by molar-refractivity contribution is 9.10. The molecule has 0 bridgehead atoms. The van der Waals surface area contributed by atoms with Crippen LogP contribution in [0.25, 0.3) is 10.4 Å². The Bertz CT molecular complexity index is 563. The quantitative estimate of drug-likeness (QED) is 0.172. The lowest BCUT2D eigenvalue weighted by Gasteiger charge is -2.46. The van der Waals surface area contributed by atoms with Gasteiger partial charge < -0.3 is 24.1 Å². The number of hydrogen-bond donors (Lipinski definition) is 1.